The molecule has 4 saturated carbocycles. The Kier molecular flexibility index (Phi) is 4.54. The van der Waals surface area contributed by atoms with Crippen LogP contribution in [0.5, 0.6) is 0 Å². The fraction of sp³-hybridized carbons (Fsp3) is 0.952. The molecule has 4 N–H and O–H groups in total. The maximum Gasteiger partial charge on any atom is 0.161 e. The van der Waals surface area contributed by atoms with Gasteiger partial charge in [0.05, 0.1) is 18.3 Å². The highest BCUT2D eigenvalue weighted by molar-refractivity contribution is 5.83. The number of Topliss-reactive ketones (excluding diaryl/α,β-unsaturated/α-hetero) is 1. The molecule has 0 amide bonds. The van der Waals surface area contributed by atoms with Gasteiger partial charge in [0.15, 0.2) is 5.78 Å². The van der Waals surface area contributed by atoms with Crippen LogP contribution in [0, 0.1) is 40.4 Å². The van der Waals surface area contributed by atoms with E-state index in [1.165, 1.54) is 0 Å². The van der Waals surface area contributed by atoms with E-state index in [4.69, 9.17) is 0 Å². The molecular formula is C21H34O5. The molecule has 0 spiro atoms. The second-order valence-electron chi connectivity index (χ2n) is 10.2. The summed E-state index contributed by atoms with van der Waals surface area (Å²) in [4.78, 5) is 12.3. The highest BCUT2D eigenvalue weighted by Gasteiger charge is 2.66. The Morgan fingerprint density at radius 1 is 0.962 bits per heavy atom. The van der Waals surface area contributed by atoms with Crippen molar-refractivity contribution < 1.29 is 25.2 Å². The van der Waals surface area contributed by atoms with E-state index in [2.05, 4.69) is 6.92 Å². The number of rotatable bonds is 2. The van der Waals surface area contributed by atoms with Crippen molar-refractivity contribution in [1.29, 1.82) is 0 Å². The predicted molar refractivity (Wildman–Crippen MR) is 96.1 cm³/mol. The van der Waals surface area contributed by atoms with Crippen molar-refractivity contribution in [1.82, 2.24) is 0 Å². The van der Waals surface area contributed by atoms with Crippen molar-refractivity contribution >= 4 is 5.78 Å². The van der Waals surface area contributed by atoms with Gasteiger partial charge in [0, 0.05) is 5.92 Å². The number of aliphatic hydroxyl groups is 4. The molecular weight excluding hydrogens is 332 g/mol. The Morgan fingerprint density at radius 3 is 2.35 bits per heavy atom. The summed E-state index contributed by atoms with van der Waals surface area (Å²) in [6.07, 6.45) is 4.22. The topological polar surface area (TPSA) is 98.0 Å². The highest BCUT2D eigenvalue weighted by Crippen LogP contribution is 2.67. The lowest BCUT2D eigenvalue weighted by atomic mass is 9.43. The van der Waals surface area contributed by atoms with Crippen LogP contribution in [0.4, 0.5) is 0 Å². The van der Waals surface area contributed by atoms with Crippen molar-refractivity contribution in [2.45, 2.75) is 77.1 Å². The van der Waals surface area contributed by atoms with Gasteiger partial charge in [-0.05, 0) is 79.4 Å². The zero-order valence-corrected chi connectivity index (χ0v) is 16.0. The van der Waals surface area contributed by atoms with E-state index in [9.17, 15) is 25.2 Å². The van der Waals surface area contributed by atoms with Gasteiger partial charge in [-0.15, -0.1) is 0 Å². The largest absolute Gasteiger partial charge is 0.393 e. The lowest BCUT2D eigenvalue weighted by Gasteiger charge is -2.62. The Labute approximate surface area is 155 Å². The highest BCUT2D eigenvalue weighted by atomic mass is 16.3. The van der Waals surface area contributed by atoms with E-state index in [1.54, 1.807) is 0 Å². The molecule has 0 bridgehead atoms. The number of hydrogen-bond donors (Lipinski definition) is 4. The fourth-order valence-electron chi connectivity index (χ4n) is 8.04. The van der Waals surface area contributed by atoms with E-state index in [0.29, 0.717) is 18.8 Å². The molecule has 5 heteroatoms. The van der Waals surface area contributed by atoms with Crippen LogP contribution in [0.1, 0.15) is 58.8 Å². The van der Waals surface area contributed by atoms with Gasteiger partial charge in [0.1, 0.15) is 6.61 Å². The maximum atomic E-state index is 12.3. The van der Waals surface area contributed by atoms with Gasteiger partial charge in [-0.2, -0.15) is 0 Å². The molecule has 148 valence electrons. The minimum absolute atomic E-state index is 0.00167. The molecule has 0 unspecified atom stereocenters. The van der Waals surface area contributed by atoms with E-state index in [0.717, 1.165) is 32.1 Å². The van der Waals surface area contributed by atoms with Crippen molar-refractivity contribution in [3.63, 3.8) is 0 Å². The molecule has 0 heterocycles. The summed E-state index contributed by atoms with van der Waals surface area (Å²) >= 11 is 0. The van der Waals surface area contributed by atoms with Crippen LogP contribution in [0.3, 0.4) is 0 Å². The van der Waals surface area contributed by atoms with Crippen molar-refractivity contribution in [2.24, 2.45) is 40.4 Å². The molecule has 0 aromatic carbocycles. The average molecular weight is 366 g/mol. The average Bonchev–Trinajstić information content (AvgIpc) is 2.85. The van der Waals surface area contributed by atoms with Gasteiger partial charge in [-0.1, -0.05) is 13.8 Å². The lowest BCUT2D eigenvalue weighted by Crippen LogP contribution is -2.60. The summed E-state index contributed by atoms with van der Waals surface area (Å²) in [5, 5.41) is 41.6. The Balaban J connectivity index is 1.69. The first-order valence-electron chi connectivity index (χ1n) is 10.4. The molecule has 0 aliphatic heterocycles. The van der Waals surface area contributed by atoms with Crippen LogP contribution < -0.4 is 0 Å². The molecule has 0 aromatic rings. The number of aliphatic hydroxyl groups excluding tert-OH is 4. The summed E-state index contributed by atoms with van der Waals surface area (Å²) in [6, 6.07) is 0. The maximum absolute atomic E-state index is 12.3. The summed E-state index contributed by atoms with van der Waals surface area (Å²) in [5.41, 5.74) is -0.432. The molecule has 26 heavy (non-hydrogen) atoms. The van der Waals surface area contributed by atoms with Crippen LogP contribution >= 0.6 is 0 Å². The Hall–Kier alpha value is -0.490. The SMILES string of the molecule is C[C@]12CC[C@@H](O)C[C@@H]1CC[C@@H]1[C@H]2[C@@H](O)C[C@@]2(C)[C@@H]1[C@@H](O)C[C@@H]2C(=O)CO. The normalized spacial score (nSPS) is 56.4. The first-order chi connectivity index (χ1) is 12.2. The van der Waals surface area contributed by atoms with Gasteiger partial charge < -0.3 is 20.4 Å². The fourth-order valence-corrected chi connectivity index (χ4v) is 8.04. The summed E-state index contributed by atoms with van der Waals surface area (Å²) in [7, 11) is 0. The summed E-state index contributed by atoms with van der Waals surface area (Å²) < 4.78 is 0. The lowest BCUT2D eigenvalue weighted by molar-refractivity contribution is -0.188. The van der Waals surface area contributed by atoms with Crippen molar-refractivity contribution in [3.8, 4) is 0 Å². The van der Waals surface area contributed by atoms with E-state index in [-0.39, 0.29) is 41.0 Å². The van der Waals surface area contributed by atoms with E-state index in [1.807, 2.05) is 6.92 Å². The zero-order valence-electron chi connectivity index (χ0n) is 16.0. The van der Waals surface area contributed by atoms with Crippen LogP contribution in [-0.2, 0) is 4.79 Å². The first kappa shape index (κ1) is 18.9. The van der Waals surface area contributed by atoms with Crippen LogP contribution in [0.25, 0.3) is 0 Å². The van der Waals surface area contributed by atoms with Crippen molar-refractivity contribution in [2.75, 3.05) is 6.61 Å². The standard InChI is InChI=1S/C21H34O5/c1-20-6-5-12(23)7-11(20)3-4-13-18-15(24)8-14(17(26)10-22)21(18,2)9-16(25)19(13)20/h11-16,18-19,22-25H,3-10H2,1-2H3/t11-,12+,13-,14+,15-,16-,18-,19-,20-,21+/m0/s1. The number of ketones is 1. The van der Waals surface area contributed by atoms with Crippen molar-refractivity contribution in [3.05, 3.63) is 0 Å². The molecule has 4 aliphatic rings. The van der Waals surface area contributed by atoms with Gasteiger partial charge in [0.2, 0.25) is 0 Å². The second-order valence-corrected chi connectivity index (χ2v) is 10.2. The van der Waals surface area contributed by atoms with Crippen LogP contribution in [0.2, 0.25) is 0 Å². The molecule has 4 rings (SSSR count). The minimum Gasteiger partial charge on any atom is -0.393 e. The zero-order chi connectivity index (χ0) is 18.9. The molecule has 0 aromatic heterocycles. The first-order valence-corrected chi connectivity index (χ1v) is 10.4. The molecule has 10 atom stereocenters. The molecule has 4 fully saturated rings. The third-order valence-electron chi connectivity index (χ3n) is 9.10. The summed E-state index contributed by atoms with van der Waals surface area (Å²) in [6.45, 7) is 3.84. The van der Waals surface area contributed by atoms with E-state index < -0.39 is 24.2 Å². The predicted octanol–water partition coefficient (Wildman–Crippen LogP) is 1.51. The third-order valence-corrected chi connectivity index (χ3v) is 9.10. The van der Waals surface area contributed by atoms with Gasteiger partial charge in [0.25, 0.3) is 0 Å². The number of hydrogen-bond acceptors (Lipinski definition) is 5. The summed E-state index contributed by atoms with van der Waals surface area (Å²) in [5.74, 6) is 0.235. The van der Waals surface area contributed by atoms with Gasteiger partial charge in [-0.25, -0.2) is 0 Å². The smallest absolute Gasteiger partial charge is 0.161 e. The molecule has 4 aliphatic carbocycles. The van der Waals surface area contributed by atoms with Crippen LogP contribution in [-0.4, -0.2) is 51.1 Å². The number of carbonyl (C=O) groups excluding carboxylic acids is 1. The molecule has 0 saturated heterocycles. The van der Waals surface area contributed by atoms with Gasteiger partial charge in [-0.3, -0.25) is 4.79 Å². The monoisotopic (exact) mass is 366 g/mol. The van der Waals surface area contributed by atoms with Gasteiger partial charge >= 0.3 is 0 Å². The molecule has 5 nitrogen and oxygen atoms in total. The Bertz CT molecular complexity index is 579. The third kappa shape index (κ3) is 2.47. The second kappa shape index (κ2) is 6.26. The van der Waals surface area contributed by atoms with E-state index >= 15 is 0 Å². The molecule has 0 radical (unpaired) electrons. The Morgan fingerprint density at radius 2 is 1.65 bits per heavy atom. The quantitative estimate of drug-likeness (QED) is 0.594. The minimum atomic E-state index is -0.533. The van der Waals surface area contributed by atoms with Crippen LogP contribution in [0.15, 0.2) is 0 Å². The number of fused-ring (bicyclic) bond motifs is 5. The number of carbonyl (C=O) groups is 1.